The van der Waals surface area contributed by atoms with E-state index in [1.807, 2.05) is 0 Å². The molecule has 0 saturated heterocycles. The van der Waals surface area contributed by atoms with Crippen LogP contribution in [0.1, 0.15) is 28.4 Å². The van der Waals surface area contributed by atoms with Crippen LogP contribution in [-0.4, -0.2) is 24.8 Å². The van der Waals surface area contributed by atoms with Crippen LogP contribution in [0.15, 0.2) is 28.8 Å². The zero-order chi connectivity index (χ0) is 19.7. The van der Waals surface area contributed by atoms with Gasteiger partial charge >= 0.3 is 5.69 Å². The van der Waals surface area contributed by atoms with Gasteiger partial charge in [0.15, 0.2) is 5.69 Å². The topological polar surface area (TPSA) is 130 Å². The van der Waals surface area contributed by atoms with Crippen molar-refractivity contribution in [3.05, 3.63) is 72.9 Å². The molecule has 0 aliphatic carbocycles. The van der Waals surface area contributed by atoms with E-state index >= 15 is 0 Å². The van der Waals surface area contributed by atoms with Crippen LogP contribution in [0.2, 0.25) is 0 Å². The van der Waals surface area contributed by atoms with Gasteiger partial charge < -0.3 is 4.52 Å². The summed E-state index contributed by atoms with van der Waals surface area (Å²) in [5, 5.41) is 30.1. The van der Waals surface area contributed by atoms with E-state index in [-0.39, 0.29) is 22.8 Å². The van der Waals surface area contributed by atoms with Gasteiger partial charge in [-0.2, -0.15) is 5.10 Å². The number of nitro groups is 2. The molecule has 27 heavy (non-hydrogen) atoms. The lowest BCUT2D eigenvalue weighted by Gasteiger charge is -2.04. The fourth-order valence-corrected chi connectivity index (χ4v) is 2.76. The Morgan fingerprint density at radius 2 is 1.81 bits per heavy atom. The Morgan fingerprint density at radius 1 is 1.07 bits per heavy atom. The van der Waals surface area contributed by atoms with Gasteiger partial charge in [0.2, 0.25) is 5.76 Å². The highest BCUT2D eigenvalue weighted by molar-refractivity contribution is 5.73. The average Bonchev–Trinajstić information content (AvgIpc) is 3.13. The number of nitro benzene ring substituents is 1. The molecule has 0 amide bonds. The number of aromatic nitrogens is 3. The number of hydrogen-bond donors (Lipinski definition) is 0. The zero-order valence-electron chi connectivity index (χ0n) is 14.7. The fourth-order valence-electron chi connectivity index (χ4n) is 2.76. The maximum atomic E-state index is 11.1. The maximum Gasteiger partial charge on any atom is 0.338 e. The van der Waals surface area contributed by atoms with Gasteiger partial charge in [0.05, 0.1) is 21.2 Å². The van der Waals surface area contributed by atoms with Crippen LogP contribution in [0.4, 0.5) is 11.4 Å². The van der Waals surface area contributed by atoms with E-state index in [0.717, 1.165) is 11.3 Å². The summed E-state index contributed by atoms with van der Waals surface area (Å²) in [5.74, 6) is 0.0411. The minimum absolute atomic E-state index is 0.0371. The van der Waals surface area contributed by atoms with Crippen molar-refractivity contribution in [1.29, 1.82) is 0 Å². The van der Waals surface area contributed by atoms with Crippen LogP contribution in [0.25, 0.3) is 17.8 Å². The highest BCUT2D eigenvalue weighted by atomic mass is 16.6. The third-order valence-electron chi connectivity index (χ3n) is 4.07. The summed E-state index contributed by atoms with van der Waals surface area (Å²) in [6, 6.07) is 6.13. The van der Waals surface area contributed by atoms with Crippen LogP contribution in [0.3, 0.4) is 0 Å². The number of rotatable bonds is 5. The van der Waals surface area contributed by atoms with E-state index in [1.54, 1.807) is 36.7 Å². The lowest BCUT2D eigenvalue weighted by molar-refractivity contribution is -0.386. The van der Waals surface area contributed by atoms with E-state index in [2.05, 4.69) is 10.3 Å². The first-order chi connectivity index (χ1) is 12.8. The second-order valence-corrected chi connectivity index (χ2v) is 5.84. The van der Waals surface area contributed by atoms with Gasteiger partial charge in [-0.3, -0.25) is 20.2 Å². The molecule has 138 valence electrons. The van der Waals surface area contributed by atoms with E-state index in [0.29, 0.717) is 11.4 Å². The Morgan fingerprint density at radius 3 is 2.48 bits per heavy atom. The van der Waals surface area contributed by atoms with E-state index in [4.69, 9.17) is 4.52 Å². The van der Waals surface area contributed by atoms with Gasteiger partial charge in [0.25, 0.3) is 5.69 Å². The standard InChI is InChI=1S/C17H15N5O5/c1-10-15(7-8-16-17(22(25)26)11(2)19-27-16)12(3)20(18-10)13-5-4-6-14(9-13)21(23)24/h4-9H,1-3H3/b8-7+. The highest BCUT2D eigenvalue weighted by Gasteiger charge is 2.22. The molecule has 10 nitrogen and oxygen atoms in total. The third kappa shape index (κ3) is 3.32. The van der Waals surface area contributed by atoms with E-state index in [1.165, 1.54) is 25.1 Å². The highest BCUT2D eigenvalue weighted by Crippen LogP contribution is 2.27. The molecule has 10 heteroatoms. The second-order valence-electron chi connectivity index (χ2n) is 5.84. The van der Waals surface area contributed by atoms with Crippen molar-refractivity contribution in [1.82, 2.24) is 14.9 Å². The summed E-state index contributed by atoms with van der Waals surface area (Å²) >= 11 is 0. The molecule has 0 atom stereocenters. The third-order valence-corrected chi connectivity index (χ3v) is 4.07. The molecule has 3 rings (SSSR count). The van der Waals surface area contributed by atoms with Crippen LogP contribution in [-0.2, 0) is 0 Å². The Labute approximate surface area is 153 Å². The van der Waals surface area contributed by atoms with Gasteiger partial charge in [0.1, 0.15) is 0 Å². The van der Waals surface area contributed by atoms with Gasteiger partial charge in [0, 0.05) is 23.4 Å². The minimum Gasteiger partial charge on any atom is -0.349 e. The maximum absolute atomic E-state index is 11.1. The second kappa shape index (κ2) is 6.83. The van der Waals surface area contributed by atoms with E-state index < -0.39 is 9.85 Å². The SMILES string of the molecule is Cc1nn(-c2cccc([N+](=O)[O-])c2)c(C)c1/C=C/c1onc(C)c1[N+](=O)[O-]. The first-order valence-electron chi connectivity index (χ1n) is 7.89. The Bertz CT molecular complexity index is 1080. The molecule has 3 aromatic rings. The van der Waals surface area contributed by atoms with Gasteiger partial charge in [-0.25, -0.2) is 4.68 Å². The smallest absolute Gasteiger partial charge is 0.338 e. The molecule has 1 aromatic carbocycles. The normalized spacial score (nSPS) is 11.2. The van der Waals surface area contributed by atoms with Crippen molar-refractivity contribution in [3.63, 3.8) is 0 Å². The zero-order valence-corrected chi connectivity index (χ0v) is 14.7. The summed E-state index contributed by atoms with van der Waals surface area (Å²) in [6.07, 6.45) is 3.12. The van der Waals surface area contributed by atoms with Crippen molar-refractivity contribution < 1.29 is 14.4 Å². The van der Waals surface area contributed by atoms with Crippen molar-refractivity contribution in [2.45, 2.75) is 20.8 Å². The number of nitrogens with zero attached hydrogens (tertiary/aromatic N) is 5. The quantitative estimate of drug-likeness (QED) is 0.494. The summed E-state index contributed by atoms with van der Waals surface area (Å²) in [4.78, 5) is 21.1. The van der Waals surface area contributed by atoms with Crippen LogP contribution in [0.5, 0.6) is 0 Å². The summed E-state index contributed by atoms with van der Waals surface area (Å²) in [5.41, 5.74) is 2.63. The summed E-state index contributed by atoms with van der Waals surface area (Å²) in [7, 11) is 0. The number of aryl methyl sites for hydroxylation is 2. The molecule has 0 radical (unpaired) electrons. The molecule has 0 spiro atoms. The number of benzene rings is 1. The van der Waals surface area contributed by atoms with Crippen molar-refractivity contribution in [2.24, 2.45) is 0 Å². The van der Waals surface area contributed by atoms with Crippen LogP contribution < -0.4 is 0 Å². The average molecular weight is 369 g/mol. The Kier molecular flexibility index (Phi) is 4.55. The molecule has 0 unspecified atom stereocenters. The molecular formula is C17H15N5O5. The molecule has 0 bridgehead atoms. The largest absolute Gasteiger partial charge is 0.349 e. The molecule has 2 heterocycles. The lowest BCUT2D eigenvalue weighted by Crippen LogP contribution is -2.00. The Hall–Kier alpha value is -3.82. The van der Waals surface area contributed by atoms with Crippen molar-refractivity contribution in [3.8, 4) is 5.69 Å². The summed E-state index contributed by atoms with van der Waals surface area (Å²) < 4.78 is 6.60. The molecular weight excluding hydrogens is 354 g/mol. The van der Waals surface area contributed by atoms with Crippen LogP contribution >= 0.6 is 0 Å². The molecule has 0 saturated carbocycles. The molecule has 0 aliphatic heterocycles. The first-order valence-corrected chi connectivity index (χ1v) is 7.89. The van der Waals surface area contributed by atoms with Crippen molar-refractivity contribution >= 4 is 23.5 Å². The number of non-ortho nitro benzene ring substituents is 1. The number of hydrogen-bond acceptors (Lipinski definition) is 7. The molecule has 0 N–H and O–H groups in total. The van der Waals surface area contributed by atoms with Crippen molar-refractivity contribution in [2.75, 3.05) is 0 Å². The molecule has 0 fully saturated rings. The minimum atomic E-state index is -0.544. The predicted octanol–water partition coefficient (Wildman–Crippen LogP) is 3.77. The fraction of sp³-hybridized carbons (Fsp3) is 0.176. The molecule has 0 aliphatic rings. The first kappa shape index (κ1) is 18.0. The lowest BCUT2D eigenvalue weighted by atomic mass is 10.1. The molecule has 2 aromatic heterocycles. The van der Waals surface area contributed by atoms with Gasteiger partial charge in [-0.15, -0.1) is 0 Å². The predicted molar refractivity (Wildman–Crippen MR) is 96.5 cm³/mol. The van der Waals surface area contributed by atoms with Gasteiger partial charge in [-0.1, -0.05) is 11.2 Å². The summed E-state index contributed by atoms with van der Waals surface area (Å²) in [6.45, 7) is 5.08. The van der Waals surface area contributed by atoms with E-state index in [9.17, 15) is 20.2 Å². The monoisotopic (exact) mass is 369 g/mol. The van der Waals surface area contributed by atoms with Crippen LogP contribution in [0, 0.1) is 41.0 Å². The Balaban J connectivity index is 2.01. The van der Waals surface area contributed by atoms with Gasteiger partial charge in [-0.05, 0) is 39.0 Å².